The highest BCUT2D eigenvalue weighted by Crippen LogP contribution is 2.07. The quantitative estimate of drug-likeness (QED) is 0.656. The van der Waals surface area contributed by atoms with E-state index in [-0.39, 0.29) is 6.42 Å². The Labute approximate surface area is 71.4 Å². The van der Waals surface area contributed by atoms with E-state index >= 15 is 0 Å². The fourth-order valence-electron chi connectivity index (χ4n) is 0.977. The van der Waals surface area contributed by atoms with Gasteiger partial charge in [0.15, 0.2) is 6.17 Å². The minimum absolute atomic E-state index is 0.191. The number of alkyl halides is 1. The van der Waals surface area contributed by atoms with Gasteiger partial charge < -0.3 is 0 Å². The summed E-state index contributed by atoms with van der Waals surface area (Å²) in [5, 5.41) is 8.23. The van der Waals surface area contributed by atoms with Crippen LogP contribution in [-0.2, 0) is 6.42 Å². The van der Waals surface area contributed by atoms with E-state index in [1.54, 1.807) is 6.07 Å². The van der Waals surface area contributed by atoms with Crippen molar-refractivity contribution in [2.75, 3.05) is 0 Å². The van der Waals surface area contributed by atoms with Crippen molar-refractivity contribution in [2.24, 2.45) is 0 Å². The van der Waals surface area contributed by atoms with E-state index in [2.05, 4.69) is 0 Å². The molecule has 1 rings (SSSR count). The number of nitrogens with zero attached hydrogens (tertiary/aromatic N) is 1. The Kier molecular flexibility index (Phi) is 2.82. The van der Waals surface area contributed by atoms with Gasteiger partial charge in [0.05, 0.1) is 0 Å². The van der Waals surface area contributed by atoms with Crippen molar-refractivity contribution < 1.29 is 4.39 Å². The highest BCUT2D eigenvalue weighted by atomic mass is 19.1. The summed E-state index contributed by atoms with van der Waals surface area (Å²) in [5.41, 5.74) is 2.01. The van der Waals surface area contributed by atoms with Gasteiger partial charge in [-0.05, 0) is 12.5 Å². The Morgan fingerprint density at radius 3 is 2.50 bits per heavy atom. The standard InChI is InChI=1S/C10H10FN/c1-8-2-4-9(5-3-8)6-10(11)7-12/h2-5,10H,6H2,1H3. The zero-order valence-electron chi connectivity index (χ0n) is 6.92. The first kappa shape index (κ1) is 8.73. The van der Waals surface area contributed by atoms with Gasteiger partial charge in [-0.3, -0.25) is 0 Å². The summed E-state index contributed by atoms with van der Waals surface area (Å²) >= 11 is 0. The largest absolute Gasteiger partial charge is 0.231 e. The molecule has 0 spiro atoms. The fraction of sp³-hybridized carbons (Fsp3) is 0.300. The summed E-state index contributed by atoms with van der Waals surface area (Å²) in [5.74, 6) is 0. The second-order valence-electron chi connectivity index (χ2n) is 2.79. The van der Waals surface area contributed by atoms with Crippen LogP contribution in [-0.4, -0.2) is 6.17 Å². The topological polar surface area (TPSA) is 23.8 Å². The molecule has 0 heterocycles. The minimum Gasteiger partial charge on any atom is -0.231 e. The third-order valence-electron chi connectivity index (χ3n) is 1.68. The van der Waals surface area contributed by atoms with Crippen LogP contribution >= 0.6 is 0 Å². The molecular weight excluding hydrogens is 153 g/mol. The van der Waals surface area contributed by atoms with Crippen molar-refractivity contribution in [2.45, 2.75) is 19.5 Å². The summed E-state index contributed by atoms with van der Waals surface area (Å²) in [7, 11) is 0. The van der Waals surface area contributed by atoms with E-state index < -0.39 is 6.17 Å². The van der Waals surface area contributed by atoms with Gasteiger partial charge in [-0.25, -0.2) is 4.39 Å². The number of halogens is 1. The molecular formula is C10H10FN. The predicted octanol–water partition coefficient (Wildman–Crippen LogP) is 2.40. The van der Waals surface area contributed by atoms with Crippen LogP contribution in [0.3, 0.4) is 0 Å². The molecule has 0 bridgehead atoms. The van der Waals surface area contributed by atoms with Crippen LogP contribution in [0.15, 0.2) is 24.3 Å². The first-order valence-electron chi connectivity index (χ1n) is 3.81. The van der Waals surface area contributed by atoms with Crippen molar-refractivity contribution in [3.05, 3.63) is 35.4 Å². The first-order valence-corrected chi connectivity index (χ1v) is 3.81. The SMILES string of the molecule is Cc1ccc(CC(F)C#N)cc1. The molecule has 0 saturated carbocycles. The molecule has 1 unspecified atom stereocenters. The second-order valence-corrected chi connectivity index (χ2v) is 2.79. The van der Waals surface area contributed by atoms with E-state index in [4.69, 9.17) is 5.26 Å². The molecule has 0 N–H and O–H groups in total. The van der Waals surface area contributed by atoms with Gasteiger partial charge in [-0.2, -0.15) is 5.26 Å². The number of rotatable bonds is 2. The van der Waals surface area contributed by atoms with E-state index in [9.17, 15) is 4.39 Å². The molecule has 0 aliphatic carbocycles. The van der Waals surface area contributed by atoms with Gasteiger partial charge in [0.1, 0.15) is 6.07 Å². The van der Waals surface area contributed by atoms with Crippen molar-refractivity contribution in [3.63, 3.8) is 0 Å². The molecule has 0 aromatic heterocycles. The van der Waals surface area contributed by atoms with E-state index in [0.717, 1.165) is 11.1 Å². The third-order valence-corrected chi connectivity index (χ3v) is 1.68. The highest BCUT2D eigenvalue weighted by molar-refractivity contribution is 5.22. The second kappa shape index (κ2) is 3.87. The summed E-state index contributed by atoms with van der Waals surface area (Å²) in [6, 6.07) is 9.09. The molecule has 1 nitrogen and oxygen atoms in total. The van der Waals surface area contributed by atoms with Gasteiger partial charge in [0, 0.05) is 6.42 Å². The van der Waals surface area contributed by atoms with Crippen molar-refractivity contribution in [1.82, 2.24) is 0 Å². The Hall–Kier alpha value is -1.36. The Bertz CT molecular complexity index is 284. The lowest BCUT2D eigenvalue weighted by Crippen LogP contribution is -2.00. The first-order chi connectivity index (χ1) is 5.72. The van der Waals surface area contributed by atoms with Gasteiger partial charge in [-0.15, -0.1) is 0 Å². The highest BCUT2D eigenvalue weighted by Gasteiger charge is 2.04. The minimum atomic E-state index is -1.38. The van der Waals surface area contributed by atoms with Crippen LogP contribution in [0.5, 0.6) is 0 Å². The maximum absolute atomic E-state index is 12.6. The summed E-state index contributed by atoms with van der Waals surface area (Å²) in [6.45, 7) is 1.97. The monoisotopic (exact) mass is 163 g/mol. The zero-order valence-corrected chi connectivity index (χ0v) is 6.92. The molecule has 2 heteroatoms. The Morgan fingerprint density at radius 1 is 1.42 bits per heavy atom. The molecule has 0 fully saturated rings. The van der Waals surface area contributed by atoms with E-state index in [1.165, 1.54) is 0 Å². The van der Waals surface area contributed by atoms with Crippen LogP contribution in [0, 0.1) is 18.3 Å². The van der Waals surface area contributed by atoms with E-state index in [0.29, 0.717) is 0 Å². The maximum atomic E-state index is 12.6. The molecule has 0 aliphatic rings. The van der Waals surface area contributed by atoms with Crippen molar-refractivity contribution >= 4 is 0 Å². The third kappa shape index (κ3) is 2.35. The average Bonchev–Trinajstić information content (AvgIpc) is 2.09. The van der Waals surface area contributed by atoms with Crippen LogP contribution in [0.2, 0.25) is 0 Å². The normalized spacial score (nSPS) is 12.1. The average molecular weight is 163 g/mol. The lowest BCUT2D eigenvalue weighted by Gasteiger charge is -2.00. The molecule has 1 atom stereocenters. The van der Waals surface area contributed by atoms with Gasteiger partial charge in [0.2, 0.25) is 0 Å². The lowest BCUT2D eigenvalue weighted by molar-refractivity contribution is 0.407. The number of nitriles is 1. The summed E-state index contributed by atoms with van der Waals surface area (Å²) < 4.78 is 12.6. The van der Waals surface area contributed by atoms with Gasteiger partial charge in [0.25, 0.3) is 0 Å². The Balaban J connectivity index is 2.66. The van der Waals surface area contributed by atoms with Crippen LogP contribution in [0.4, 0.5) is 4.39 Å². The van der Waals surface area contributed by atoms with Crippen molar-refractivity contribution in [1.29, 1.82) is 5.26 Å². The summed E-state index contributed by atoms with van der Waals surface area (Å²) in [4.78, 5) is 0. The number of benzene rings is 1. The molecule has 0 radical (unpaired) electrons. The maximum Gasteiger partial charge on any atom is 0.190 e. The number of hydrogen-bond acceptors (Lipinski definition) is 1. The molecule has 0 amide bonds. The molecule has 0 saturated heterocycles. The van der Waals surface area contributed by atoms with Gasteiger partial charge >= 0.3 is 0 Å². The number of aryl methyl sites for hydroxylation is 1. The zero-order chi connectivity index (χ0) is 8.97. The van der Waals surface area contributed by atoms with E-state index in [1.807, 2.05) is 31.2 Å². The van der Waals surface area contributed by atoms with Crippen LogP contribution in [0.25, 0.3) is 0 Å². The molecule has 62 valence electrons. The molecule has 12 heavy (non-hydrogen) atoms. The molecule has 1 aromatic rings. The molecule has 1 aromatic carbocycles. The lowest BCUT2D eigenvalue weighted by atomic mass is 10.1. The van der Waals surface area contributed by atoms with Crippen molar-refractivity contribution in [3.8, 4) is 6.07 Å². The van der Waals surface area contributed by atoms with Crippen LogP contribution in [0.1, 0.15) is 11.1 Å². The number of hydrogen-bond donors (Lipinski definition) is 0. The van der Waals surface area contributed by atoms with Gasteiger partial charge in [-0.1, -0.05) is 29.8 Å². The summed E-state index contributed by atoms with van der Waals surface area (Å²) in [6.07, 6.45) is -1.19. The van der Waals surface area contributed by atoms with Crippen LogP contribution < -0.4 is 0 Å². The predicted molar refractivity (Wildman–Crippen MR) is 45.4 cm³/mol. The molecule has 0 aliphatic heterocycles. The smallest absolute Gasteiger partial charge is 0.190 e. The Morgan fingerprint density at radius 2 is 2.00 bits per heavy atom. The fourth-order valence-corrected chi connectivity index (χ4v) is 0.977.